The first-order valence-corrected chi connectivity index (χ1v) is 6.54. The molecule has 2 heterocycles. The Balaban J connectivity index is 1.93. The van der Waals surface area contributed by atoms with Crippen LogP contribution in [0.2, 0.25) is 0 Å². The predicted molar refractivity (Wildman–Crippen MR) is 64.2 cm³/mol. The Morgan fingerprint density at radius 1 is 1.53 bits per heavy atom. The Kier molecular flexibility index (Phi) is 3.45. The number of aromatic nitrogens is 2. The fourth-order valence-electron chi connectivity index (χ4n) is 1.47. The van der Waals surface area contributed by atoms with E-state index in [-0.39, 0.29) is 6.04 Å². The highest BCUT2D eigenvalue weighted by Gasteiger charge is 2.12. The molecular weight excluding hydrogens is 226 g/mol. The third kappa shape index (κ3) is 2.62. The minimum Gasteiger partial charge on any atom is -0.323 e. The van der Waals surface area contributed by atoms with Crippen LogP contribution in [0, 0.1) is 6.92 Å². The lowest BCUT2D eigenvalue weighted by Crippen LogP contribution is -2.10. The lowest BCUT2D eigenvalue weighted by molar-refractivity contribution is 0.657. The minimum atomic E-state index is 0.0740. The zero-order valence-electron chi connectivity index (χ0n) is 8.51. The molecule has 2 rings (SSSR count). The molecule has 0 aliphatic heterocycles. The van der Waals surface area contributed by atoms with Crippen LogP contribution in [0.1, 0.15) is 28.6 Å². The largest absolute Gasteiger partial charge is 0.323 e. The second-order valence-electron chi connectivity index (χ2n) is 3.50. The van der Waals surface area contributed by atoms with Gasteiger partial charge in [-0.25, -0.2) is 0 Å². The third-order valence-corrected chi connectivity index (χ3v) is 4.04. The SMILES string of the molecule is Cc1nnsc1C(N)CCc1ccsc1. The van der Waals surface area contributed by atoms with Crippen LogP contribution in [-0.2, 0) is 6.42 Å². The van der Waals surface area contributed by atoms with Crippen LogP contribution in [0.3, 0.4) is 0 Å². The van der Waals surface area contributed by atoms with Gasteiger partial charge in [0.15, 0.2) is 0 Å². The molecule has 0 aromatic carbocycles. The van der Waals surface area contributed by atoms with Crippen molar-refractivity contribution in [3.05, 3.63) is 33.0 Å². The molecule has 5 heteroatoms. The zero-order valence-corrected chi connectivity index (χ0v) is 10.1. The van der Waals surface area contributed by atoms with E-state index in [2.05, 4.69) is 26.4 Å². The highest BCUT2D eigenvalue weighted by atomic mass is 32.1. The van der Waals surface area contributed by atoms with E-state index in [1.807, 2.05) is 6.92 Å². The first kappa shape index (κ1) is 10.7. The lowest BCUT2D eigenvalue weighted by atomic mass is 10.1. The van der Waals surface area contributed by atoms with Crippen LogP contribution in [0.25, 0.3) is 0 Å². The van der Waals surface area contributed by atoms with Crippen molar-refractivity contribution in [2.45, 2.75) is 25.8 Å². The van der Waals surface area contributed by atoms with Crippen LogP contribution >= 0.6 is 22.9 Å². The number of hydrogen-bond donors (Lipinski definition) is 1. The minimum absolute atomic E-state index is 0.0740. The number of nitrogens with two attached hydrogens (primary N) is 1. The van der Waals surface area contributed by atoms with Crippen LogP contribution in [0.4, 0.5) is 0 Å². The van der Waals surface area contributed by atoms with Gasteiger partial charge < -0.3 is 5.73 Å². The summed E-state index contributed by atoms with van der Waals surface area (Å²) in [6, 6.07) is 2.22. The van der Waals surface area contributed by atoms with E-state index in [0.717, 1.165) is 23.4 Å². The Bertz CT molecular complexity index is 408. The zero-order chi connectivity index (χ0) is 10.7. The molecule has 3 nitrogen and oxygen atoms in total. The van der Waals surface area contributed by atoms with Crippen molar-refractivity contribution in [2.24, 2.45) is 5.73 Å². The molecular formula is C10H13N3S2. The second-order valence-corrected chi connectivity index (χ2v) is 5.07. The molecule has 0 fully saturated rings. The Morgan fingerprint density at radius 2 is 2.40 bits per heavy atom. The summed E-state index contributed by atoms with van der Waals surface area (Å²) in [7, 11) is 0. The highest BCUT2D eigenvalue weighted by Crippen LogP contribution is 2.22. The van der Waals surface area contributed by atoms with Crippen molar-refractivity contribution in [2.75, 3.05) is 0 Å². The predicted octanol–water partition coefficient (Wildman–Crippen LogP) is 2.54. The summed E-state index contributed by atoms with van der Waals surface area (Å²) in [5.74, 6) is 0. The smallest absolute Gasteiger partial charge is 0.0772 e. The number of rotatable bonds is 4. The molecule has 2 aromatic heterocycles. The maximum absolute atomic E-state index is 6.09. The van der Waals surface area contributed by atoms with E-state index >= 15 is 0 Å². The molecule has 2 N–H and O–H groups in total. The van der Waals surface area contributed by atoms with Gasteiger partial charge in [-0.1, -0.05) is 4.49 Å². The molecule has 0 aliphatic carbocycles. The lowest BCUT2D eigenvalue weighted by Gasteiger charge is -2.08. The molecule has 0 amide bonds. The van der Waals surface area contributed by atoms with E-state index in [0.29, 0.717) is 0 Å². The van der Waals surface area contributed by atoms with E-state index in [1.54, 1.807) is 11.3 Å². The second kappa shape index (κ2) is 4.83. The fraction of sp³-hybridized carbons (Fsp3) is 0.400. The molecule has 0 radical (unpaired) electrons. The number of aryl methyl sites for hydroxylation is 2. The van der Waals surface area contributed by atoms with Gasteiger partial charge in [0.2, 0.25) is 0 Å². The van der Waals surface area contributed by atoms with Gasteiger partial charge in [0, 0.05) is 6.04 Å². The van der Waals surface area contributed by atoms with Crippen LogP contribution in [0.5, 0.6) is 0 Å². The van der Waals surface area contributed by atoms with Gasteiger partial charge in [0.1, 0.15) is 0 Å². The number of hydrogen-bond acceptors (Lipinski definition) is 5. The summed E-state index contributed by atoms with van der Waals surface area (Å²) >= 11 is 3.14. The average molecular weight is 239 g/mol. The van der Waals surface area contributed by atoms with Crippen molar-refractivity contribution in [1.29, 1.82) is 0 Å². The fourth-order valence-corrected chi connectivity index (χ4v) is 2.85. The number of thiophene rings is 1. The maximum Gasteiger partial charge on any atom is 0.0772 e. The van der Waals surface area contributed by atoms with Crippen molar-refractivity contribution in [3.63, 3.8) is 0 Å². The molecule has 2 aromatic rings. The van der Waals surface area contributed by atoms with Crippen molar-refractivity contribution in [1.82, 2.24) is 9.59 Å². The van der Waals surface area contributed by atoms with Gasteiger partial charge in [-0.05, 0) is 53.7 Å². The van der Waals surface area contributed by atoms with Crippen LogP contribution in [0.15, 0.2) is 16.8 Å². The summed E-state index contributed by atoms with van der Waals surface area (Å²) in [5, 5.41) is 8.24. The molecule has 15 heavy (non-hydrogen) atoms. The summed E-state index contributed by atoms with van der Waals surface area (Å²) in [4.78, 5) is 1.12. The molecule has 1 atom stereocenters. The monoisotopic (exact) mass is 239 g/mol. The average Bonchev–Trinajstić information content (AvgIpc) is 2.84. The molecule has 80 valence electrons. The topological polar surface area (TPSA) is 51.8 Å². The molecule has 1 unspecified atom stereocenters. The summed E-state index contributed by atoms with van der Waals surface area (Å²) in [5.41, 5.74) is 8.43. The van der Waals surface area contributed by atoms with Gasteiger partial charge in [0.25, 0.3) is 0 Å². The first-order valence-electron chi connectivity index (χ1n) is 4.83. The molecule has 0 saturated carbocycles. The van der Waals surface area contributed by atoms with Gasteiger partial charge in [-0.3, -0.25) is 0 Å². The summed E-state index contributed by atoms with van der Waals surface area (Å²) < 4.78 is 3.90. The van der Waals surface area contributed by atoms with E-state index < -0.39 is 0 Å². The first-order chi connectivity index (χ1) is 7.27. The maximum atomic E-state index is 6.09. The van der Waals surface area contributed by atoms with Crippen molar-refractivity contribution < 1.29 is 0 Å². The molecule has 0 bridgehead atoms. The van der Waals surface area contributed by atoms with Crippen molar-refractivity contribution >= 4 is 22.9 Å². The van der Waals surface area contributed by atoms with E-state index in [1.165, 1.54) is 17.1 Å². The molecule has 0 saturated heterocycles. The summed E-state index contributed by atoms with van der Waals surface area (Å²) in [6.07, 6.45) is 1.99. The Morgan fingerprint density at radius 3 is 3.00 bits per heavy atom. The van der Waals surface area contributed by atoms with Crippen molar-refractivity contribution in [3.8, 4) is 0 Å². The van der Waals surface area contributed by atoms with Gasteiger partial charge in [0.05, 0.1) is 10.6 Å². The van der Waals surface area contributed by atoms with Crippen LogP contribution < -0.4 is 5.73 Å². The van der Waals surface area contributed by atoms with Gasteiger partial charge in [-0.15, -0.1) is 5.10 Å². The van der Waals surface area contributed by atoms with Gasteiger partial charge in [-0.2, -0.15) is 11.3 Å². The standard InChI is InChI=1S/C10H13N3S2/c1-7-10(15-13-12-7)9(11)3-2-8-4-5-14-6-8/h4-6,9H,2-3,11H2,1H3. The quantitative estimate of drug-likeness (QED) is 0.892. The highest BCUT2D eigenvalue weighted by molar-refractivity contribution is 7.08. The number of nitrogens with zero attached hydrogens (tertiary/aromatic N) is 2. The normalized spacial score (nSPS) is 12.9. The van der Waals surface area contributed by atoms with E-state index in [9.17, 15) is 0 Å². The van der Waals surface area contributed by atoms with Crippen LogP contribution in [-0.4, -0.2) is 9.59 Å². The van der Waals surface area contributed by atoms with Gasteiger partial charge >= 0.3 is 0 Å². The Hall–Kier alpha value is -0.780. The van der Waals surface area contributed by atoms with E-state index in [4.69, 9.17) is 5.73 Å². The molecule has 0 spiro atoms. The molecule has 0 aliphatic rings. The summed E-state index contributed by atoms with van der Waals surface area (Å²) in [6.45, 7) is 1.96. The Labute approximate surface area is 97.1 Å². The third-order valence-electron chi connectivity index (χ3n) is 2.35.